The molecule has 0 aromatic heterocycles. The molecule has 0 aliphatic carbocycles. The third-order valence-electron chi connectivity index (χ3n) is 1.57. The van der Waals surface area contributed by atoms with E-state index in [4.69, 9.17) is 5.26 Å². The predicted molar refractivity (Wildman–Crippen MR) is 59.4 cm³/mol. The molecule has 0 saturated heterocycles. The number of nitrogens with zero attached hydrogens (tertiary/aromatic N) is 2. The first-order chi connectivity index (χ1) is 6.44. The second-order valence-corrected chi connectivity index (χ2v) is 6.65. The maximum absolute atomic E-state index is 11.5. The van der Waals surface area contributed by atoms with Gasteiger partial charge in [0.05, 0.1) is 6.07 Å². The summed E-state index contributed by atoms with van der Waals surface area (Å²) in [5.74, 6) is 0.266. The van der Waals surface area contributed by atoms with Gasteiger partial charge >= 0.3 is 0 Å². The maximum Gasteiger partial charge on any atom is 0.224 e. The fourth-order valence-corrected chi connectivity index (χ4v) is 2.90. The molecule has 0 fully saturated rings. The van der Waals surface area contributed by atoms with Gasteiger partial charge in [0.1, 0.15) is 4.66 Å². The van der Waals surface area contributed by atoms with Gasteiger partial charge in [0.25, 0.3) is 0 Å². The minimum Gasteiger partial charge on any atom is -0.211 e. The normalized spacial score (nSPS) is 12.0. The Labute approximate surface area is 94.1 Å². The molecule has 0 aromatic carbocycles. The number of hydrogen-bond donors (Lipinski definition) is 0. The van der Waals surface area contributed by atoms with Crippen molar-refractivity contribution in [2.24, 2.45) is 5.92 Å². The molecule has 14 heavy (non-hydrogen) atoms. The number of nitriles is 1. The van der Waals surface area contributed by atoms with Crippen molar-refractivity contribution >= 4 is 26.0 Å². The van der Waals surface area contributed by atoms with Gasteiger partial charge in [0.2, 0.25) is 10.0 Å². The molecule has 0 atom stereocenters. The van der Waals surface area contributed by atoms with E-state index >= 15 is 0 Å². The molecule has 82 valence electrons. The summed E-state index contributed by atoms with van der Waals surface area (Å²) < 4.78 is 24.3. The van der Waals surface area contributed by atoms with Crippen LogP contribution in [-0.2, 0) is 10.0 Å². The highest BCUT2D eigenvalue weighted by atomic mass is 79.9. The zero-order chi connectivity index (χ0) is 11.2. The van der Waals surface area contributed by atoms with E-state index in [2.05, 4.69) is 15.9 Å². The van der Waals surface area contributed by atoms with Crippen LogP contribution in [0.1, 0.15) is 20.3 Å². The van der Waals surface area contributed by atoms with Crippen LogP contribution in [0, 0.1) is 17.2 Å². The quantitative estimate of drug-likeness (QED) is 0.695. The summed E-state index contributed by atoms with van der Waals surface area (Å²) in [4.78, 5) is 0. The Bertz CT molecular complexity index is 295. The van der Waals surface area contributed by atoms with E-state index in [1.165, 1.54) is 4.31 Å². The van der Waals surface area contributed by atoms with Gasteiger partial charge in [-0.1, -0.05) is 29.8 Å². The Kier molecular flexibility index (Phi) is 6.33. The summed E-state index contributed by atoms with van der Waals surface area (Å²) in [6.45, 7) is 4.64. The smallest absolute Gasteiger partial charge is 0.211 e. The SMILES string of the molecule is CC(C)CN(CCC#N)S(=O)(=O)CBr. The summed E-state index contributed by atoms with van der Waals surface area (Å²) in [7, 11) is -3.23. The minimum absolute atomic E-state index is 0.0852. The number of alkyl halides is 1. The highest BCUT2D eigenvalue weighted by Crippen LogP contribution is 2.09. The van der Waals surface area contributed by atoms with Gasteiger partial charge in [-0.3, -0.25) is 0 Å². The number of sulfonamides is 1. The molecule has 0 aliphatic rings. The molecule has 6 heteroatoms. The van der Waals surface area contributed by atoms with Crippen LogP contribution in [-0.4, -0.2) is 30.5 Å². The first-order valence-electron chi connectivity index (χ1n) is 4.34. The van der Waals surface area contributed by atoms with Crippen molar-refractivity contribution in [1.82, 2.24) is 4.31 Å². The number of halogens is 1. The standard InChI is InChI=1S/C8H15BrN2O2S/c1-8(2)6-11(5-3-4-10)14(12,13)7-9/h8H,3,5-7H2,1-2H3. The van der Waals surface area contributed by atoms with Crippen LogP contribution in [0.2, 0.25) is 0 Å². The highest BCUT2D eigenvalue weighted by molar-refractivity contribution is 9.10. The van der Waals surface area contributed by atoms with Crippen molar-refractivity contribution in [3.8, 4) is 6.07 Å². The molecule has 0 unspecified atom stereocenters. The van der Waals surface area contributed by atoms with Crippen molar-refractivity contribution in [2.45, 2.75) is 20.3 Å². The Morgan fingerprint density at radius 3 is 2.43 bits per heavy atom. The zero-order valence-corrected chi connectivity index (χ0v) is 10.8. The van der Waals surface area contributed by atoms with Gasteiger partial charge in [-0.25, -0.2) is 8.42 Å². The van der Waals surface area contributed by atoms with Crippen molar-refractivity contribution in [2.75, 3.05) is 17.8 Å². The van der Waals surface area contributed by atoms with Gasteiger partial charge < -0.3 is 0 Å². The summed E-state index contributed by atoms with van der Waals surface area (Å²) in [5.41, 5.74) is 0. The third-order valence-corrected chi connectivity index (χ3v) is 4.70. The fourth-order valence-electron chi connectivity index (χ4n) is 0.995. The molecule has 0 bridgehead atoms. The van der Waals surface area contributed by atoms with E-state index in [1.807, 2.05) is 19.9 Å². The Balaban J connectivity index is 4.48. The maximum atomic E-state index is 11.5. The first kappa shape index (κ1) is 13.9. The molecule has 0 aliphatic heterocycles. The van der Waals surface area contributed by atoms with Crippen LogP contribution in [0.25, 0.3) is 0 Å². The van der Waals surface area contributed by atoms with Gasteiger partial charge in [-0.2, -0.15) is 9.57 Å². The third kappa shape index (κ3) is 4.94. The van der Waals surface area contributed by atoms with E-state index in [1.54, 1.807) is 0 Å². The minimum atomic E-state index is -3.23. The molecule has 0 N–H and O–H groups in total. The van der Waals surface area contributed by atoms with E-state index in [0.717, 1.165) is 0 Å². The van der Waals surface area contributed by atoms with E-state index in [0.29, 0.717) is 6.54 Å². The average molecular weight is 283 g/mol. The largest absolute Gasteiger partial charge is 0.224 e. The van der Waals surface area contributed by atoms with Gasteiger partial charge in [0.15, 0.2) is 0 Å². The average Bonchev–Trinajstić information content (AvgIpc) is 2.11. The second kappa shape index (κ2) is 6.38. The van der Waals surface area contributed by atoms with Gasteiger partial charge in [-0.05, 0) is 5.92 Å². The van der Waals surface area contributed by atoms with Crippen LogP contribution < -0.4 is 0 Å². The number of rotatable bonds is 6. The second-order valence-electron chi connectivity index (χ2n) is 3.38. The summed E-state index contributed by atoms with van der Waals surface area (Å²) in [5, 5.41) is 8.40. The predicted octanol–water partition coefficient (Wildman–Crippen LogP) is 1.54. The number of hydrogen-bond acceptors (Lipinski definition) is 3. The monoisotopic (exact) mass is 282 g/mol. The molecule has 0 saturated carbocycles. The molecule has 0 aromatic rings. The molecule has 0 radical (unpaired) electrons. The van der Waals surface area contributed by atoms with Crippen LogP contribution in [0.15, 0.2) is 0 Å². The molecule has 0 rings (SSSR count). The lowest BCUT2D eigenvalue weighted by atomic mass is 10.2. The van der Waals surface area contributed by atoms with Crippen LogP contribution in [0.5, 0.6) is 0 Å². The Morgan fingerprint density at radius 2 is 2.07 bits per heavy atom. The van der Waals surface area contributed by atoms with Crippen molar-refractivity contribution in [3.05, 3.63) is 0 Å². The lowest BCUT2D eigenvalue weighted by Gasteiger charge is -2.21. The summed E-state index contributed by atoms with van der Waals surface area (Å²) in [6, 6.07) is 1.95. The molecule has 4 nitrogen and oxygen atoms in total. The lowest BCUT2D eigenvalue weighted by Crippen LogP contribution is -2.35. The highest BCUT2D eigenvalue weighted by Gasteiger charge is 2.20. The lowest BCUT2D eigenvalue weighted by molar-refractivity contribution is 0.375. The van der Waals surface area contributed by atoms with Crippen LogP contribution >= 0.6 is 15.9 Å². The summed E-state index contributed by atoms with van der Waals surface area (Å²) >= 11 is 2.94. The van der Waals surface area contributed by atoms with E-state index in [9.17, 15) is 8.42 Å². The molecular formula is C8H15BrN2O2S. The summed E-state index contributed by atoms with van der Waals surface area (Å²) in [6.07, 6.45) is 0.235. The van der Waals surface area contributed by atoms with E-state index in [-0.39, 0.29) is 23.5 Å². The Morgan fingerprint density at radius 1 is 1.50 bits per heavy atom. The zero-order valence-electron chi connectivity index (χ0n) is 8.40. The van der Waals surface area contributed by atoms with Crippen molar-refractivity contribution in [1.29, 1.82) is 5.26 Å². The van der Waals surface area contributed by atoms with Crippen LogP contribution in [0.4, 0.5) is 0 Å². The fraction of sp³-hybridized carbons (Fsp3) is 0.875. The Hall–Kier alpha value is -0.120. The molecule has 0 heterocycles. The van der Waals surface area contributed by atoms with Crippen LogP contribution in [0.3, 0.4) is 0 Å². The topological polar surface area (TPSA) is 61.2 Å². The van der Waals surface area contributed by atoms with Crippen molar-refractivity contribution < 1.29 is 8.42 Å². The van der Waals surface area contributed by atoms with E-state index < -0.39 is 10.0 Å². The van der Waals surface area contributed by atoms with Crippen molar-refractivity contribution in [3.63, 3.8) is 0 Å². The van der Waals surface area contributed by atoms with Gasteiger partial charge in [0, 0.05) is 19.5 Å². The van der Waals surface area contributed by atoms with Gasteiger partial charge in [-0.15, -0.1) is 0 Å². The molecule has 0 amide bonds. The molecule has 0 spiro atoms. The first-order valence-corrected chi connectivity index (χ1v) is 7.08. The molecular weight excluding hydrogens is 268 g/mol.